The van der Waals surface area contributed by atoms with Crippen molar-refractivity contribution in [2.24, 2.45) is 0 Å². The number of hydrogen-bond donors (Lipinski definition) is 1. The minimum atomic E-state index is -0.804. The van der Waals surface area contributed by atoms with Crippen molar-refractivity contribution >= 4 is 23.4 Å². The highest BCUT2D eigenvalue weighted by molar-refractivity contribution is 8.00. The first kappa shape index (κ1) is 17.8. The number of halogens is 2. The van der Waals surface area contributed by atoms with Crippen LogP contribution in [0.15, 0.2) is 17.0 Å². The second kappa shape index (κ2) is 7.11. The van der Waals surface area contributed by atoms with Gasteiger partial charge in [-0.3, -0.25) is 4.79 Å². The van der Waals surface area contributed by atoms with Crippen LogP contribution in [0.3, 0.4) is 0 Å². The fraction of sp³-hybridized carbons (Fsp3) is 0.533. The molecule has 21 heavy (non-hydrogen) atoms. The molecule has 0 radical (unpaired) electrons. The molecule has 6 heteroatoms. The largest absolute Gasteiger partial charge is 0.459 e. The maximum absolute atomic E-state index is 13.8. The summed E-state index contributed by atoms with van der Waals surface area (Å²) in [6, 6.07) is 1.94. The topological polar surface area (TPSA) is 52.3 Å². The molecule has 0 aliphatic heterocycles. The van der Waals surface area contributed by atoms with E-state index in [1.807, 2.05) is 6.92 Å². The number of esters is 1. The van der Waals surface area contributed by atoms with E-state index in [9.17, 15) is 13.6 Å². The van der Waals surface area contributed by atoms with Crippen molar-refractivity contribution < 1.29 is 18.3 Å². The zero-order valence-electron chi connectivity index (χ0n) is 12.7. The van der Waals surface area contributed by atoms with Crippen LogP contribution in [0.4, 0.5) is 14.5 Å². The summed E-state index contributed by atoms with van der Waals surface area (Å²) >= 11 is 1.02. The molecule has 0 heterocycles. The van der Waals surface area contributed by atoms with Crippen molar-refractivity contribution in [3.8, 4) is 0 Å². The van der Waals surface area contributed by atoms with Gasteiger partial charge in [-0.2, -0.15) is 0 Å². The van der Waals surface area contributed by atoms with Crippen molar-refractivity contribution in [2.75, 3.05) is 5.73 Å². The Bertz CT molecular complexity index is 515. The minimum Gasteiger partial charge on any atom is -0.459 e. The monoisotopic (exact) mass is 317 g/mol. The highest BCUT2D eigenvalue weighted by Gasteiger charge is 2.26. The third-order valence-corrected chi connectivity index (χ3v) is 3.82. The minimum absolute atomic E-state index is 0.140. The average molecular weight is 317 g/mol. The molecule has 0 amide bonds. The lowest BCUT2D eigenvalue weighted by Crippen LogP contribution is -2.30. The third kappa shape index (κ3) is 5.53. The van der Waals surface area contributed by atoms with E-state index in [0.717, 1.165) is 24.2 Å². The van der Waals surface area contributed by atoms with Gasteiger partial charge < -0.3 is 10.5 Å². The third-order valence-electron chi connectivity index (χ3n) is 2.54. The van der Waals surface area contributed by atoms with Gasteiger partial charge in [0.2, 0.25) is 0 Å². The van der Waals surface area contributed by atoms with E-state index in [1.165, 1.54) is 6.07 Å². The summed E-state index contributed by atoms with van der Waals surface area (Å²) in [6.07, 6.45) is 1.28. The molecule has 0 aliphatic carbocycles. The molecule has 1 aromatic carbocycles. The lowest BCUT2D eigenvalue weighted by atomic mass is 10.2. The second-order valence-corrected chi connectivity index (χ2v) is 6.98. The van der Waals surface area contributed by atoms with Gasteiger partial charge in [-0.1, -0.05) is 13.3 Å². The number of nitrogens with two attached hydrogens (primary N) is 1. The van der Waals surface area contributed by atoms with Gasteiger partial charge in [0.1, 0.15) is 22.5 Å². The Morgan fingerprint density at radius 3 is 2.48 bits per heavy atom. The number of benzene rings is 1. The Hall–Kier alpha value is -1.30. The van der Waals surface area contributed by atoms with Gasteiger partial charge in [-0.25, -0.2) is 8.78 Å². The van der Waals surface area contributed by atoms with E-state index in [4.69, 9.17) is 10.5 Å². The van der Waals surface area contributed by atoms with Gasteiger partial charge >= 0.3 is 5.97 Å². The SMILES string of the molecule is CCCC(Sc1cc(N)c(F)cc1F)C(=O)OC(C)(C)C. The van der Waals surface area contributed by atoms with Crippen LogP contribution >= 0.6 is 11.8 Å². The molecule has 118 valence electrons. The quantitative estimate of drug-likeness (QED) is 0.503. The van der Waals surface area contributed by atoms with E-state index in [1.54, 1.807) is 20.8 Å². The average Bonchev–Trinajstić information content (AvgIpc) is 2.33. The molecule has 2 N–H and O–H groups in total. The molecule has 1 unspecified atom stereocenters. The predicted octanol–water partition coefficient (Wildman–Crippen LogP) is 4.15. The fourth-order valence-corrected chi connectivity index (χ4v) is 2.81. The normalized spacial score (nSPS) is 13.0. The Kier molecular flexibility index (Phi) is 6.01. The zero-order chi connectivity index (χ0) is 16.2. The first-order valence-electron chi connectivity index (χ1n) is 6.78. The molecular formula is C15H21F2NO2S. The number of carbonyl (C=O) groups is 1. The molecule has 1 aromatic rings. The highest BCUT2D eigenvalue weighted by Crippen LogP contribution is 2.32. The van der Waals surface area contributed by atoms with Gasteiger partial charge in [0, 0.05) is 11.0 Å². The molecule has 0 aliphatic rings. The Balaban J connectivity index is 2.93. The maximum atomic E-state index is 13.8. The first-order valence-corrected chi connectivity index (χ1v) is 7.66. The van der Waals surface area contributed by atoms with E-state index < -0.39 is 28.5 Å². The summed E-state index contributed by atoms with van der Waals surface area (Å²) in [4.78, 5) is 12.3. The van der Waals surface area contributed by atoms with Crippen molar-refractivity contribution in [2.45, 2.75) is 56.3 Å². The van der Waals surface area contributed by atoms with E-state index in [-0.39, 0.29) is 10.6 Å². The van der Waals surface area contributed by atoms with Crippen LogP contribution in [-0.4, -0.2) is 16.8 Å². The molecule has 0 saturated heterocycles. The maximum Gasteiger partial charge on any atom is 0.319 e. The molecular weight excluding hydrogens is 296 g/mol. The van der Waals surface area contributed by atoms with Crippen LogP contribution in [0.5, 0.6) is 0 Å². The number of rotatable bonds is 5. The van der Waals surface area contributed by atoms with E-state index in [0.29, 0.717) is 6.42 Å². The Morgan fingerprint density at radius 1 is 1.33 bits per heavy atom. The zero-order valence-corrected chi connectivity index (χ0v) is 13.5. The Morgan fingerprint density at radius 2 is 1.95 bits per heavy atom. The van der Waals surface area contributed by atoms with Crippen molar-refractivity contribution in [1.29, 1.82) is 0 Å². The van der Waals surface area contributed by atoms with Crippen LogP contribution in [0, 0.1) is 11.6 Å². The smallest absolute Gasteiger partial charge is 0.319 e. The van der Waals surface area contributed by atoms with Gasteiger partial charge in [0.15, 0.2) is 0 Å². The summed E-state index contributed by atoms with van der Waals surface area (Å²) in [5.41, 5.74) is 4.70. The second-order valence-electron chi connectivity index (χ2n) is 5.73. The highest BCUT2D eigenvalue weighted by atomic mass is 32.2. The number of nitrogen functional groups attached to an aromatic ring is 1. The molecule has 1 rings (SSSR count). The molecule has 3 nitrogen and oxygen atoms in total. The van der Waals surface area contributed by atoms with Gasteiger partial charge in [0.05, 0.1) is 5.69 Å². The van der Waals surface area contributed by atoms with Crippen LogP contribution in [0.25, 0.3) is 0 Å². The van der Waals surface area contributed by atoms with Gasteiger partial charge in [-0.15, -0.1) is 11.8 Å². The fourth-order valence-electron chi connectivity index (χ4n) is 1.64. The standard InChI is InChI=1S/C15H21F2NO2S/c1-5-6-12(14(19)20-15(2,3)4)21-13-8-11(18)9(16)7-10(13)17/h7-8,12H,5-6,18H2,1-4H3. The number of carbonyl (C=O) groups excluding carboxylic acids is 1. The number of anilines is 1. The number of ether oxygens (including phenoxy) is 1. The van der Waals surface area contributed by atoms with Crippen LogP contribution < -0.4 is 5.73 Å². The molecule has 0 bridgehead atoms. The number of thioether (sulfide) groups is 1. The van der Waals surface area contributed by atoms with Gasteiger partial charge in [-0.05, 0) is 33.3 Å². The number of hydrogen-bond acceptors (Lipinski definition) is 4. The first-order chi connectivity index (χ1) is 9.64. The summed E-state index contributed by atoms with van der Waals surface area (Å²) in [5, 5.41) is -0.548. The lowest BCUT2D eigenvalue weighted by molar-refractivity contribution is -0.154. The molecule has 1 atom stereocenters. The molecule has 0 spiro atoms. The van der Waals surface area contributed by atoms with Crippen molar-refractivity contribution in [3.05, 3.63) is 23.8 Å². The lowest BCUT2D eigenvalue weighted by Gasteiger charge is -2.23. The van der Waals surface area contributed by atoms with Crippen molar-refractivity contribution in [1.82, 2.24) is 0 Å². The van der Waals surface area contributed by atoms with Crippen LogP contribution in [0.2, 0.25) is 0 Å². The summed E-state index contributed by atoms with van der Waals surface area (Å²) in [5.74, 6) is -1.94. The molecule has 0 aromatic heterocycles. The van der Waals surface area contributed by atoms with Gasteiger partial charge in [0.25, 0.3) is 0 Å². The molecule has 0 saturated carbocycles. The summed E-state index contributed by atoms with van der Waals surface area (Å²) in [6.45, 7) is 7.24. The summed E-state index contributed by atoms with van der Waals surface area (Å²) in [7, 11) is 0. The van der Waals surface area contributed by atoms with Crippen molar-refractivity contribution in [3.63, 3.8) is 0 Å². The Labute approximate surface area is 128 Å². The van der Waals surface area contributed by atoms with Crippen LogP contribution in [-0.2, 0) is 9.53 Å². The predicted molar refractivity (Wildman–Crippen MR) is 81.2 cm³/mol. The summed E-state index contributed by atoms with van der Waals surface area (Å²) < 4.78 is 32.3. The van der Waals surface area contributed by atoms with E-state index in [2.05, 4.69) is 0 Å². The van der Waals surface area contributed by atoms with E-state index >= 15 is 0 Å². The van der Waals surface area contributed by atoms with Crippen LogP contribution in [0.1, 0.15) is 40.5 Å². The molecule has 0 fully saturated rings.